The fourth-order valence-corrected chi connectivity index (χ4v) is 3.96. The second-order valence-corrected chi connectivity index (χ2v) is 9.50. The fourth-order valence-electron chi connectivity index (χ4n) is 3.54. The van der Waals surface area contributed by atoms with Gasteiger partial charge in [-0.1, -0.05) is 6.07 Å². The minimum atomic E-state index is -4.72. The SMILES string of the molecule is NC(CO)(CCc1ccc2c(=O)c3cc(Oc4ccc(F)cc4)ccc3oc2c1)COP(=O)(O)O. The first kappa shape index (κ1) is 25.0. The van der Waals surface area contributed by atoms with Gasteiger partial charge >= 0.3 is 7.82 Å². The van der Waals surface area contributed by atoms with Gasteiger partial charge in [0.2, 0.25) is 5.43 Å². The largest absolute Gasteiger partial charge is 0.469 e. The lowest BCUT2D eigenvalue weighted by Gasteiger charge is -2.27. The average molecular weight is 503 g/mol. The van der Waals surface area contributed by atoms with Crippen LogP contribution in [0.5, 0.6) is 11.5 Å². The summed E-state index contributed by atoms with van der Waals surface area (Å²) < 4.78 is 40.1. The lowest BCUT2D eigenvalue weighted by atomic mass is 9.93. The van der Waals surface area contributed by atoms with E-state index in [0.29, 0.717) is 39.9 Å². The number of hydrogen-bond acceptors (Lipinski definition) is 7. The third-order valence-electron chi connectivity index (χ3n) is 5.50. The second-order valence-electron chi connectivity index (χ2n) is 8.26. The van der Waals surface area contributed by atoms with Crippen molar-refractivity contribution >= 4 is 29.8 Å². The van der Waals surface area contributed by atoms with Crippen LogP contribution in [0, 0.1) is 5.82 Å². The van der Waals surface area contributed by atoms with Gasteiger partial charge in [0.05, 0.1) is 29.5 Å². The van der Waals surface area contributed by atoms with Crippen LogP contribution in [0.15, 0.2) is 69.9 Å². The van der Waals surface area contributed by atoms with E-state index in [-0.39, 0.29) is 17.7 Å². The van der Waals surface area contributed by atoms with Crippen molar-refractivity contribution in [1.29, 1.82) is 0 Å². The van der Waals surface area contributed by atoms with Gasteiger partial charge in [0.25, 0.3) is 0 Å². The normalized spacial score (nSPS) is 13.7. The van der Waals surface area contributed by atoms with Crippen LogP contribution in [0.1, 0.15) is 12.0 Å². The number of halogens is 1. The summed E-state index contributed by atoms with van der Waals surface area (Å²) in [6, 6.07) is 15.3. The molecule has 1 unspecified atom stereocenters. The molecule has 35 heavy (non-hydrogen) atoms. The van der Waals surface area contributed by atoms with Gasteiger partial charge in [0.1, 0.15) is 28.5 Å². The molecule has 0 saturated carbocycles. The zero-order chi connectivity index (χ0) is 25.2. The molecule has 0 aliphatic carbocycles. The Hall–Kier alpha value is -3.11. The highest BCUT2D eigenvalue weighted by Gasteiger charge is 2.28. The summed E-state index contributed by atoms with van der Waals surface area (Å²) >= 11 is 0. The van der Waals surface area contributed by atoms with Gasteiger partial charge in [-0.05, 0) is 73.0 Å². The number of benzene rings is 3. The number of nitrogens with two attached hydrogens (primary N) is 1. The van der Waals surface area contributed by atoms with Gasteiger partial charge in [-0.15, -0.1) is 0 Å². The minimum Gasteiger partial charge on any atom is -0.457 e. The van der Waals surface area contributed by atoms with Crippen molar-refractivity contribution in [2.24, 2.45) is 5.73 Å². The predicted molar refractivity (Wildman–Crippen MR) is 127 cm³/mol. The van der Waals surface area contributed by atoms with Crippen LogP contribution in [0.4, 0.5) is 4.39 Å². The zero-order valence-electron chi connectivity index (χ0n) is 18.4. The Morgan fingerprint density at radius 3 is 2.37 bits per heavy atom. The number of fused-ring (bicyclic) bond motifs is 2. The van der Waals surface area contributed by atoms with Crippen molar-refractivity contribution in [3.8, 4) is 11.5 Å². The van der Waals surface area contributed by atoms with E-state index in [1.807, 2.05) is 0 Å². The molecule has 11 heteroatoms. The number of rotatable bonds is 9. The van der Waals surface area contributed by atoms with E-state index < -0.39 is 26.6 Å². The highest BCUT2D eigenvalue weighted by atomic mass is 31.2. The summed E-state index contributed by atoms with van der Waals surface area (Å²) in [6.07, 6.45) is 0.501. The average Bonchev–Trinajstić information content (AvgIpc) is 2.83. The summed E-state index contributed by atoms with van der Waals surface area (Å²) in [7, 11) is -4.72. The van der Waals surface area contributed by atoms with Crippen LogP contribution in [-0.2, 0) is 15.5 Å². The highest BCUT2D eigenvalue weighted by molar-refractivity contribution is 7.46. The number of aliphatic hydroxyl groups is 1. The lowest BCUT2D eigenvalue weighted by Crippen LogP contribution is -2.48. The molecule has 9 nitrogen and oxygen atoms in total. The molecule has 0 saturated heterocycles. The van der Waals surface area contributed by atoms with E-state index in [1.165, 1.54) is 24.3 Å². The Bertz CT molecular complexity index is 1470. The van der Waals surface area contributed by atoms with Crippen LogP contribution in [0.2, 0.25) is 0 Å². The Balaban J connectivity index is 1.57. The van der Waals surface area contributed by atoms with Crippen LogP contribution in [-0.4, -0.2) is 33.6 Å². The Kier molecular flexibility index (Phi) is 7.05. The third kappa shape index (κ3) is 6.12. The van der Waals surface area contributed by atoms with Crippen molar-refractivity contribution in [2.45, 2.75) is 18.4 Å². The Morgan fingerprint density at radius 2 is 1.69 bits per heavy atom. The lowest BCUT2D eigenvalue weighted by molar-refractivity contribution is 0.102. The number of phosphoric ester groups is 1. The molecule has 0 aliphatic rings. The number of ether oxygens (including phenoxy) is 1. The van der Waals surface area contributed by atoms with Crippen molar-refractivity contribution < 1.29 is 37.5 Å². The number of aryl methyl sites for hydroxylation is 1. The fraction of sp³-hybridized carbons (Fsp3) is 0.208. The molecule has 0 fully saturated rings. The number of aliphatic hydroxyl groups excluding tert-OH is 1. The molecular weight excluding hydrogens is 480 g/mol. The maximum atomic E-state index is 13.1. The van der Waals surface area contributed by atoms with E-state index in [2.05, 4.69) is 4.52 Å². The maximum Gasteiger partial charge on any atom is 0.469 e. The van der Waals surface area contributed by atoms with Gasteiger partial charge in [-0.3, -0.25) is 9.32 Å². The molecule has 4 rings (SSSR count). The van der Waals surface area contributed by atoms with E-state index in [1.54, 1.807) is 36.4 Å². The monoisotopic (exact) mass is 503 g/mol. The van der Waals surface area contributed by atoms with Gasteiger partial charge in [0.15, 0.2) is 0 Å². The molecule has 4 aromatic rings. The molecule has 0 bridgehead atoms. The first-order valence-electron chi connectivity index (χ1n) is 10.6. The summed E-state index contributed by atoms with van der Waals surface area (Å²) in [6.45, 7) is -1.06. The van der Waals surface area contributed by atoms with E-state index in [0.717, 1.165) is 5.56 Å². The van der Waals surface area contributed by atoms with Gasteiger partial charge < -0.3 is 29.8 Å². The maximum absolute atomic E-state index is 13.1. The molecule has 5 N–H and O–H groups in total. The van der Waals surface area contributed by atoms with Crippen molar-refractivity contribution in [3.05, 3.63) is 82.3 Å². The van der Waals surface area contributed by atoms with Crippen molar-refractivity contribution in [3.63, 3.8) is 0 Å². The number of phosphoric acid groups is 1. The number of hydrogen-bond donors (Lipinski definition) is 4. The van der Waals surface area contributed by atoms with Crippen LogP contribution >= 0.6 is 7.82 Å². The van der Waals surface area contributed by atoms with Crippen LogP contribution < -0.4 is 15.9 Å². The second kappa shape index (κ2) is 9.87. The quantitative estimate of drug-likeness (QED) is 0.198. The third-order valence-corrected chi connectivity index (χ3v) is 5.97. The molecular formula is C24H23FNO8P. The van der Waals surface area contributed by atoms with Gasteiger partial charge in [0, 0.05) is 0 Å². The molecule has 1 heterocycles. The minimum absolute atomic E-state index is 0.164. The molecule has 3 aromatic carbocycles. The van der Waals surface area contributed by atoms with E-state index >= 15 is 0 Å². The van der Waals surface area contributed by atoms with E-state index in [9.17, 15) is 18.9 Å². The predicted octanol–water partition coefficient (Wildman–Crippen LogP) is 3.61. The molecule has 0 aliphatic heterocycles. The highest BCUT2D eigenvalue weighted by Crippen LogP contribution is 2.37. The first-order chi connectivity index (χ1) is 16.5. The summed E-state index contributed by atoms with van der Waals surface area (Å²) in [5, 5.41) is 10.2. The molecule has 0 amide bonds. The van der Waals surface area contributed by atoms with Crippen molar-refractivity contribution in [1.82, 2.24) is 0 Å². The van der Waals surface area contributed by atoms with E-state index in [4.69, 9.17) is 24.7 Å². The molecule has 1 aromatic heterocycles. The molecule has 0 spiro atoms. The Morgan fingerprint density at radius 1 is 0.971 bits per heavy atom. The summed E-state index contributed by atoms with van der Waals surface area (Å²) in [5.74, 6) is 0.434. The topological polar surface area (TPSA) is 152 Å². The Labute approximate surface area is 198 Å². The first-order valence-corrected chi connectivity index (χ1v) is 12.1. The zero-order valence-corrected chi connectivity index (χ0v) is 19.3. The van der Waals surface area contributed by atoms with Crippen LogP contribution in [0.3, 0.4) is 0 Å². The standard InChI is InChI=1S/C24H23FNO8P/c25-16-2-4-17(5-3-16)33-18-6-8-21-20(12-18)23(28)19-7-1-15(11-22(19)34-21)9-10-24(26,13-27)14-32-35(29,30)31/h1-8,11-12,27H,9-10,13-14,26H2,(H2,29,30,31). The smallest absolute Gasteiger partial charge is 0.457 e. The summed E-state index contributed by atoms with van der Waals surface area (Å²) in [4.78, 5) is 30.8. The summed E-state index contributed by atoms with van der Waals surface area (Å²) in [5.41, 5.74) is 5.85. The van der Waals surface area contributed by atoms with Crippen molar-refractivity contribution in [2.75, 3.05) is 13.2 Å². The molecule has 1 atom stereocenters. The molecule has 0 radical (unpaired) electrons. The van der Waals surface area contributed by atoms with Crippen LogP contribution in [0.25, 0.3) is 21.9 Å². The van der Waals surface area contributed by atoms with Gasteiger partial charge in [-0.25, -0.2) is 8.96 Å². The molecule has 184 valence electrons. The van der Waals surface area contributed by atoms with Gasteiger partial charge in [-0.2, -0.15) is 0 Å².